The Bertz CT molecular complexity index is 367. The van der Waals surface area contributed by atoms with Crippen LogP contribution in [-0.2, 0) is 0 Å². The van der Waals surface area contributed by atoms with Gasteiger partial charge in [-0.1, -0.05) is 27.4 Å². The molecule has 0 aromatic heterocycles. The minimum Gasteiger partial charge on any atom is -0.372 e. The Morgan fingerprint density at radius 3 is 1.17 bits per heavy atom. The second-order valence-corrected chi connectivity index (χ2v) is 10.00. The van der Waals surface area contributed by atoms with Crippen molar-refractivity contribution in [1.29, 1.82) is 0 Å². The fourth-order valence-electron chi connectivity index (χ4n) is 3.15. The average molecular weight is 324 g/mol. The van der Waals surface area contributed by atoms with Gasteiger partial charge in [-0.25, -0.2) is 0 Å². The summed E-state index contributed by atoms with van der Waals surface area (Å²) in [6, 6.07) is 0. The Morgan fingerprint density at radius 1 is 0.609 bits per heavy atom. The summed E-state index contributed by atoms with van der Waals surface area (Å²) in [5, 5.41) is 0. The molecule has 0 bridgehead atoms. The molecule has 0 aromatic carbocycles. The molecule has 0 N–H and O–H groups in total. The van der Waals surface area contributed by atoms with E-state index in [9.17, 15) is 0 Å². The molecule has 1 rings (SSSR count). The molecular weight excluding hydrogens is 282 g/mol. The van der Waals surface area contributed by atoms with Gasteiger partial charge in [-0.15, -0.1) is 0 Å². The van der Waals surface area contributed by atoms with Crippen LogP contribution < -0.4 is 0 Å². The molecule has 1 aliphatic rings. The van der Waals surface area contributed by atoms with Crippen LogP contribution in [0.2, 0.25) is 0 Å². The van der Waals surface area contributed by atoms with Crippen molar-refractivity contribution in [2.24, 2.45) is 5.41 Å². The molecule has 1 saturated heterocycles. The van der Waals surface area contributed by atoms with Gasteiger partial charge >= 0.3 is 0 Å². The molecule has 1 aliphatic heterocycles. The van der Waals surface area contributed by atoms with Gasteiger partial charge in [0.05, 0.1) is 0 Å². The smallest absolute Gasteiger partial charge is 0.0303 e. The Labute approximate surface area is 145 Å². The molecule has 1 fully saturated rings. The summed E-state index contributed by atoms with van der Waals surface area (Å²) in [5.41, 5.74) is 1.82. The van der Waals surface area contributed by atoms with Gasteiger partial charge in [-0.05, 0) is 41.5 Å². The molecule has 3 heteroatoms. The Morgan fingerprint density at radius 2 is 0.913 bits per heavy atom. The lowest BCUT2D eigenvalue weighted by atomic mass is 9.91. The monoisotopic (exact) mass is 323 g/mol. The third-order valence-electron chi connectivity index (χ3n) is 5.06. The van der Waals surface area contributed by atoms with E-state index in [1.165, 1.54) is 5.70 Å². The van der Waals surface area contributed by atoms with E-state index < -0.39 is 0 Å². The maximum atomic E-state index is 4.42. The van der Waals surface area contributed by atoms with E-state index in [4.69, 9.17) is 0 Å². The van der Waals surface area contributed by atoms with Gasteiger partial charge in [0.1, 0.15) is 0 Å². The first-order chi connectivity index (χ1) is 10.2. The van der Waals surface area contributed by atoms with Crippen molar-refractivity contribution in [2.45, 2.75) is 73.4 Å². The summed E-state index contributed by atoms with van der Waals surface area (Å²) in [7, 11) is 0. The predicted molar refractivity (Wildman–Crippen MR) is 103 cm³/mol. The lowest BCUT2D eigenvalue weighted by Crippen LogP contribution is -2.50. The standard InChI is InChI=1S/C20H41N3/c1-17(18(2,3)4)21-11-13-22(19(5,6)7)15-16-23(14-12-21)20(8,9)10/h1,11-16H2,2-10H3. The third kappa shape index (κ3) is 6.11. The fourth-order valence-corrected chi connectivity index (χ4v) is 3.15. The van der Waals surface area contributed by atoms with Gasteiger partial charge in [0.25, 0.3) is 0 Å². The lowest BCUT2D eigenvalue weighted by Gasteiger charge is -2.39. The van der Waals surface area contributed by atoms with Gasteiger partial charge in [0, 0.05) is 61.5 Å². The highest BCUT2D eigenvalue weighted by Gasteiger charge is 2.29. The van der Waals surface area contributed by atoms with Crippen LogP contribution in [0.4, 0.5) is 0 Å². The van der Waals surface area contributed by atoms with Gasteiger partial charge < -0.3 is 4.90 Å². The first-order valence-corrected chi connectivity index (χ1v) is 9.17. The van der Waals surface area contributed by atoms with Gasteiger partial charge in [0.2, 0.25) is 0 Å². The fraction of sp³-hybridized carbons (Fsp3) is 0.900. The van der Waals surface area contributed by atoms with Crippen molar-refractivity contribution in [3.63, 3.8) is 0 Å². The lowest BCUT2D eigenvalue weighted by molar-refractivity contribution is 0.0891. The molecule has 0 spiro atoms. The van der Waals surface area contributed by atoms with E-state index in [0.717, 1.165) is 39.3 Å². The van der Waals surface area contributed by atoms with Crippen LogP contribution in [0.3, 0.4) is 0 Å². The second kappa shape index (κ2) is 7.14. The SMILES string of the molecule is C=C(N1CCN(C(C)(C)C)CCN(C(C)(C)C)CC1)C(C)(C)C. The third-order valence-corrected chi connectivity index (χ3v) is 5.06. The molecule has 0 amide bonds. The normalized spacial score (nSPS) is 20.8. The highest BCUT2D eigenvalue weighted by molar-refractivity contribution is 5.05. The molecule has 23 heavy (non-hydrogen) atoms. The highest BCUT2D eigenvalue weighted by atomic mass is 15.3. The Balaban J connectivity index is 2.99. The van der Waals surface area contributed by atoms with E-state index in [0.29, 0.717) is 0 Å². The molecule has 0 atom stereocenters. The van der Waals surface area contributed by atoms with Crippen molar-refractivity contribution in [3.05, 3.63) is 12.3 Å². The van der Waals surface area contributed by atoms with Crippen LogP contribution in [0.25, 0.3) is 0 Å². The quantitative estimate of drug-likeness (QED) is 0.720. The molecule has 3 nitrogen and oxygen atoms in total. The number of allylic oxidation sites excluding steroid dienone is 1. The van der Waals surface area contributed by atoms with Crippen molar-refractivity contribution in [3.8, 4) is 0 Å². The highest BCUT2D eigenvalue weighted by Crippen LogP contribution is 2.28. The molecule has 136 valence electrons. The summed E-state index contributed by atoms with van der Waals surface area (Å²) in [5.74, 6) is 0. The number of rotatable bonds is 1. The summed E-state index contributed by atoms with van der Waals surface area (Å²) < 4.78 is 0. The molecular formula is C20H41N3. The van der Waals surface area contributed by atoms with E-state index in [-0.39, 0.29) is 16.5 Å². The minimum atomic E-state index is 0.132. The molecule has 0 unspecified atom stereocenters. The average Bonchev–Trinajstić information content (AvgIpc) is 2.44. The summed E-state index contributed by atoms with van der Waals surface area (Å²) in [6.45, 7) is 31.8. The first-order valence-electron chi connectivity index (χ1n) is 9.17. The zero-order valence-corrected chi connectivity index (χ0v) is 17.3. The number of nitrogens with zero attached hydrogens (tertiary/aromatic N) is 3. The second-order valence-electron chi connectivity index (χ2n) is 10.00. The summed E-state index contributed by atoms with van der Waals surface area (Å²) in [6.07, 6.45) is 0. The minimum absolute atomic E-state index is 0.132. The van der Waals surface area contributed by atoms with Crippen molar-refractivity contribution >= 4 is 0 Å². The van der Waals surface area contributed by atoms with E-state index in [1.54, 1.807) is 0 Å². The molecule has 0 aliphatic carbocycles. The Kier molecular flexibility index (Phi) is 6.37. The Hall–Kier alpha value is -0.540. The van der Waals surface area contributed by atoms with Gasteiger partial charge in [0.15, 0.2) is 0 Å². The topological polar surface area (TPSA) is 9.72 Å². The molecule has 0 saturated carbocycles. The summed E-state index contributed by atoms with van der Waals surface area (Å²) >= 11 is 0. The van der Waals surface area contributed by atoms with E-state index in [1.807, 2.05) is 0 Å². The molecule has 0 radical (unpaired) electrons. The number of hydrogen-bond acceptors (Lipinski definition) is 3. The van der Waals surface area contributed by atoms with Gasteiger partial charge in [-0.3, -0.25) is 9.80 Å². The van der Waals surface area contributed by atoms with E-state index >= 15 is 0 Å². The molecule has 1 heterocycles. The first kappa shape index (κ1) is 20.5. The van der Waals surface area contributed by atoms with Crippen molar-refractivity contribution < 1.29 is 0 Å². The zero-order chi connectivity index (χ0) is 18.1. The zero-order valence-electron chi connectivity index (χ0n) is 17.3. The van der Waals surface area contributed by atoms with E-state index in [2.05, 4.69) is 83.6 Å². The van der Waals surface area contributed by atoms with Crippen LogP contribution >= 0.6 is 0 Å². The number of hydrogen-bond donors (Lipinski definition) is 0. The van der Waals surface area contributed by atoms with Crippen molar-refractivity contribution in [2.75, 3.05) is 39.3 Å². The van der Waals surface area contributed by atoms with Crippen LogP contribution in [-0.4, -0.2) is 65.0 Å². The van der Waals surface area contributed by atoms with Crippen LogP contribution in [0.5, 0.6) is 0 Å². The van der Waals surface area contributed by atoms with Crippen LogP contribution in [0.15, 0.2) is 12.3 Å². The van der Waals surface area contributed by atoms with Crippen molar-refractivity contribution in [1.82, 2.24) is 14.7 Å². The summed E-state index contributed by atoms with van der Waals surface area (Å²) in [4.78, 5) is 7.77. The molecule has 0 aromatic rings. The maximum absolute atomic E-state index is 4.42. The predicted octanol–water partition coefficient (Wildman–Crippen LogP) is 4.06. The van der Waals surface area contributed by atoms with Crippen LogP contribution in [0, 0.1) is 5.41 Å². The largest absolute Gasteiger partial charge is 0.372 e. The van der Waals surface area contributed by atoms with Gasteiger partial charge in [-0.2, -0.15) is 0 Å². The maximum Gasteiger partial charge on any atom is 0.0303 e. The van der Waals surface area contributed by atoms with Crippen LogP contribution in [0.1, 0.15) is 62.3 Å².